The van der Waals surface area contributed by atoms with Gasteiger partial charge in [-0.05, 0) is 80.1 Å². The maximum absolute atomic E-state index is 13.0. The number of aromatic nitrogens is 1. The number of benzene rings is 2. The summed E-state index contributed by atoms with van der Waals surface area (Å²) in [4.78, 5) is 20.9. The molecule has 0 amide bonds. The Bertz CT molecular complexity index is 1170. The number of aromatic amines is 1. The fraction of sp³-hybridized carbons (Fsp3) is 0.407. The van der Waals surface area contributed by atoms with Crippen LogP contribution in [0, 0.1) is 13.8 Å². The van der Waals surface area contributed by atoms with Gasteiger partial charge in [0.05, 0.1) is 12.1 Å². The number of H-pyrrole nitrogens is 1. The molecule has 0 spiro atoms. The second-order valence-electron chi connectivity index (χ2n) is 9.04. The van der Waals surface area contributed by atoms with Crippen LogP contribution in [0.3, 0.4) is 0 Å². The summed E-state index contributed by atoms with van der Waals surface area (Å²) >= 11 is 5.84. The predicted molar refractivity (Wildman–Crippen MR) is 141 cm³/mol. The first-order valence-electron chi connectivity index (χ1n) is 11.9. The van der Waals surface area contributed by atoms with Crippen molar-refractivity contribution in [2.75, 3.05) is 19.6 Å². The SMILES string of the molecule is CCN1CCCC1CN(Cc1cc2ccc(C)c(C)c2[nH]c1=O)C(=S)NCc1ccccc1. The van der Waals surface area contributed by atoms with E-state index >= 15 is 0 Å². The topological polar surface area (TPSA) is 51.4 Å². The zero-order valence-corrected chi connectivity index (χ0v) is 20.7. The third-order valence-corrected chi connectivity index (χ3v) is 7.30. The number of thiocarbonyl (C=S) groups is 1. The molecule has 5 nitrogen and oxygen atoms in total. The number of rotatable bonds is 7. The lowest BCUT2D eigenvalue weighted by Crippen LogP contribution is -2.46. The van der Waals surface area contributed by atoms with Crippen molar-refractivity contribution >= 4 is 28.2 Å². The van der Waals surface area contributed by atoms with Gasteiger partial charge >= 0.3 is 0 Å². The molecule has 0 saturated carbocycles. The molecule has 0 bridgehead atoms. The number of pyridine rings is 1. The van der Waals surface area contributed by atoms with Crippen molar-refractivity contribution in [1.29, 1.82) is 0 Å². The minimum absolute atomic E-state index is 0.0363. The average Bonchev–Trinajstić information content (AvgIpc) is 3.28. The van der Waals surface area contributed by atoms with Crippen LogP contribution < -0.4 is 10.9 Å². The molecule has 33 heavy (non-hydrogen) atoms. The van der Waals surface area contributed by atoms with Gasteiger partial charge in [0, 0.05) is 24.7 Å². The second kappa shape index (κ2) is 10.5. The molecule has 1 aliphatic rings. The lowest BCUT2D eigenvalue weighted by Gasteiger charge is -2.32. The molecule has 0 aliphatic carbocycles. The molecule has 1 saturated heterocycles. The van der Waals surface area contributed by atoms with Crippen LogP contribution in [0.25, 0.3) is 10.9 Å². The third kappa shape index (κ3) is 5.45. The van der Waals surface area contributed by atoms with Gasteiger partial charge in [-0.2, -0.15) is 0 Å². The highest BCUT2D eigenvalue weighted by molar-refractivity contribution is 7.80. The number of aryl methyl sites for hydroxylation is 2. The highest BCUT2D eigenvalue weighted by atomic mass is 32.1. The van der Waals surface area contributed by atoms with E-state index < -0.39 is 0 Å². The van der Waals surface area contributed by atoms with E-state index in [2.05, 4.69) is 65.1 Å². The quantitative estimate of drug-likeness (QED) is 0.506. The Morgan fingerprint density at radius 3 is 2.76 bits per heavy atom. The summed E-state index contributed by atoms with van der Waals surface area (Å²) in [7, 11) is 0. The lowest BCUT2D eigenvalue weighted by molar-refractivity contribution is 0.219. The molecule has 3 aromatic rings. The predicted octanol–water partition coefficient (Wildman–Crippen LogP) is 4.51. The number of nitrogens with zero attached hydrogens (tertiary/aromatic N) is 2. The molecule has 2 aromatic carbocycles. The minimum Gasteiger partial charge on any atom is -0.358 e. The fourth-order valence-electron chi connectivity index (χ4n) is 4.77. The molecule has 6 heteroatoms. The van der Waals surface area contributed by atoms with Gasteiger partial charge in [0.2, 0.25) is 0 Å². The number of fused-ring (bicyclic) bond motifs is 1. The molecule has 1 aromatic heterocycles. The van der Waals surface area contributed by atoms with E-state index in [1.807, 2.05) is 24.3 Å². The van der Waals surface area contributed by atoms with Crippen LogP contribution in [0.2, 0.25) is 0 Å². The molecule has 1 fully saturated rings. The third-order valence-electron chi connectivity index (χ3n) is 6.90. The van der Waals surface area contributed by atoms with Crippen molar-refractivity contribution in [2.24, 2.45) is 0 Å². The number of likely N-dealkylation sites (tertiary alicyclic amines) is 1. The van der Waals surface area contributed by atoms with Crippen LogP contribution >= 0.6 is 12.2 Å². The van der Waals surface area contributed by atoms with Crippen LogP contribution in [-0.4, -0.2) is 45.6 Å². The largest absolute Gasteiger partial charge is 0.358 e. The van der Waals surface area contributed by atoms with E-state index in [0.29, 0.717) is 24.2 Å². The smallest absolute Gasteiger partial charge is 0.253 e. The molecular weight excluding hydrogens is 428 g/mol. The number of likely N-dealkylation sites (N-methyl/N-ethyl adjacent to an activating group) is 1. The van der Waals surface area contributed by atoms with E-state index in [1.54, 1.807) is 0 Å². The molecule has 1 aliphatic heterocycles. The highest BCUT2D eigenvalue weighted by Crippen LogP contribution is 2.21. The summed E-state index contributed by atoms with van der Waals surface area (Å²) in [6, 6.07) is 17.0. The van der Waals surface area contributed by atoms with Crippen molar-refractivity contribution < 1.29 is 0 Å². The van der Waals surface area contributed by atoms with Gasteiger partial charge in [0.1, 0.15) is 0 Å². The van der Waals surface area contributed by atoms with Crippen LogP contribution in [0.5, 0.6) is 0 Å². The standard InChI is InChI=1S/C27H34N4OS/c1-4-30-14-8-11-24(30)18-31(27(33)28-16-21-9-6-5-7-10-21)17-23-15-22-13-12-19(2)20(3)25(22)29-26(23)32/h5-7,9-10,12-13,15,24H,4,8,11,14,16-18H2,1-3H3,(H,28,33)(H,29,32). The molecule has 174 valence electrons. The molecule has 1 unspecified atom stereocenters. The second-order valence-corrected chi connectivity index (χ2v) is 9.43. The van der Waals surface area contributed by atoms with Gasteiger partial charge in [-0.3, -0.25) is 9.69 Å². The van der Waals surface area contributed by atoms with E-state index in [9.17, 15) is 4.79 Å². The summed E-state index contributed by atoms with van der Waals surface area (Å²) in [5, 5.41) is 5.18. The zero-order chi connectivity index (χ0) is 23.4. The Labute approximate surface area is 201 Å². The van der Waals surface area contributed by atoms with E-state index in [0.717, 1.165) is 48.1 Å². The number of nitrogens with one attached hydrogen (secondary N) is 2. The van der Waals surface area contributed by atoms with Crippen molar-refractivity contribution in [3.8, 4) is 0 Å². The van der Waals surface area contributed by atoms with Crippen LogP contribution in [-0.2, 0) is 13.1 Å². The van der Waals surface area contributed by atoms with Gasteiger partial charge in [-0.15, -0.1) is 0 Å². The molecule has 4 rings (SSSR count). The molecular formula is C27H34N4OS. The molecule has 1 atom stereocenters. The van der Waals surface area contributed by atoms with Crippen LogP contribution in [0.4, 0.5) is 0 Å². The average molecular weight is 463 g/mol. The molecule has 0 radical (unpaired) electrons. The Morgan fingerprint density at radius 1 is 1.21 bits per heavy atom. The van der Waals surface area contributed by atoms with Gasteiger partial charge < -0.3 is 15.2 Å². The van der Waals surface area contributed by atoms with Crippen molar-refractivity contribution in [2.45, 2.75) is 52.7 Å². The highest BCUT2D eigenvalue weighted by Gasteiger charge is 2.26. The van der Waals surface area contributed by atoms with Crippen LogP contribution in [0.1, 0.15) is 42.0 Å². The van der Waals surface area contributed by atoms with Gasteiger partial charge in [0.25, 0.3) is 5.56 Å². The lowest BCUT2D eigenvalue weighted by atomic mass is 10.0. The summed E-state index contributed by atoms with van der Waals surface area (Å²) in [6.07, 6.45) is 2.38. The molecule has 2 heterocycles. The monoisotopic (exact) mass is 462 g/mol. The summed E-state index contributed by atoms with van der Waals surface area (Å²) < 4.78 is 0. The first-order chi connectivity index (χ1) is 16.0. The van der Waals surface area contributed by atoms with Crippen molar-refractivity contribution in [3.05, 3.63) is 81.1 Å². The Hall–Kier alpha value is -2.70. The summed E-state index contributed by atoms with van der Waals surface area (Å²) in [5.41, 5.74) is 5.12. The van der Waals surface area contributed by atoms with Crippen LogP contribution in [0.15, 0.2) is 53.3 Å². The van der Waals surface area contributed by atoms with Crippen molar-refractivity contribution in [1.82, 2.24) is 20.1 Å². The fourth-order valence-corrected chi connectivity index (χ4v) is 4.98. The first kappa shape index (κ1) is 23.5. The number of hydrogen-bond donors (Lipinski definition) is 2. The van der Waals surface area contributed by atoms with Gasteiger partial charge in [0.15, 0.2) is 5.11 Å². The minimum atomic E-state index is -0.0363. The van der Waals surface area contributed by atoms with Gasteiger partial charge in [-0.1, -0.05) is 49.4 Å². The first-order valence-corrected chi connectivity index (χ1v) is 12.3. The van der Waals surface area contributed by atoms with Crippen molar-refractivity contribution in [3.63, 3.8) is 0 Å². The van der Waals surface area contributed by atoms with Gasteiger partial charge in [-0.25, -0.2) is 0 Å². The maximum atomic E-state index is 13.0. The Balaban J connectivity index is 1.58. The zero-order valence-electron chi connectivity index (χ0n) is 19.9. The normalized spacial score (nSPS) is 16.3. The summed E-state index contributed by atoms with van der Waals surface area (Å²) in [5.74, 6) is 0. The van der Waals surface area contributed by atoms with E-state index in [4.69, 9.17) is 12.2 Å². The van der Waals surface area contributed by atoms with E-state index in [-0.39, 0.29) is 5.56 Å². The summed E-state index contributed by atoms with van der Waals surface area (Å²) in [6.45, 7) is 10.5. The Morgan fingerprint density at radius 2 is 2.00 bits per heavy atom. The number of hydrogen-bond acceptors (Lipinski definition) is 3. The molecule has 2 N–H and O–H groups in total. The van der Waals surface area contributed by atoms with E-state index in [1.165, 1.54) is 17.5 Å². The Kier molecular flexibility index (Phi) is 7.46. The maximum Gasteiger partial charge on any atom is 0.253 e.